The predicted octanol–water partition coefficient (Wildman–Crippen LogP) is 11.9. The molecule has 46 heavy (non-hydrogen) atoms. The molecular weight excluding hydrogens is 555 g/mol. The van der Waals surface area contributed by atoms with E-state index in [-0.39, 0.29) is 5.92 Å². The van der Waals surface area contributed by atoms with E-state index in [4.69, 9.17) is 0 Å². The van der Waals surface area contributed by atoms with Crippen LogP contribution >= 0.6 is 0 Å². The fraction of sp³-hybridized carbons (Fsp3) is 0.0222. The lowest BCUT2D eigenvalue weighted by molar-refractivity contribution is 1.02. The van der Waals surface area contributed by atoms with E-state index in [0.29, 0.717) is 0 Å². The van der Waals surface area contributed by atoms with Gasteiger partial charge in [-0.1, -0.05) is 140 Å². The van der Waals surface area contributed by atoms with Gasteiger partial charge in [0.05, 0.1) is 11.0 Å². The van der Waals surface area contributed by atoms with E-state index < -0.39 is 0 Å². The molecule has 1 unspecified atom stereocenters. The minimum Gasteiger partial charge on any atom is -0.309 e. The molecule has 1 aliphatic carbocycles. The molecule has 9 aromatic rings. The van der Waals surface area contributed by atoms with Gasteiger partial charge in [0.2, 0.25) is 0 Å². The molecular formula is C45H29N. The SMILES string of the molecule is c1ccc2c(c1)-c1ccc(-c3ccc4c5ccccc5n(-c5ccc6ccccc6c5)c4c3)cc1C2c1ccc2ccccc2c1. The van der Waals surface area contributed by atoms with Gasteiger partial charge in [0, 0.05) is 22.4 Å². The standard InChI is InChI=1S/C45H29N/c1-3-11-31-25-35(18-17-29(31)9-1)45-41-15-6-5-13-37(41)38-23-20-33(27-42(38)45)34-21-24-40-39-14-7-8-16-43(39)46(44(40)28-34)36-22-19-30-10-2-4-12-32(30)26-36/h1-28,45H. The summed E-state index contributed by atoms with van der Waals surface area (Å²) in [6.45, 7) is 0. The van der Waals surface area contributed by atoms with Crippen LogP contribution in [0, 0.1) is 0 Å². The zero-order valence-electron chi connectivity index (χ0n) is 25.2. The first kappa shape index (κ1) is 25.4. The summed E-state index contributed by atoms with van der Waals surface area (Å²) in [6.07, 6.45) is 0. The lowest BCUT2D eigenvalue weighted by atomic mass is 9.87. The van der Waals surface area contributed by atoms with Crippen molar-refractivity contribution in [2.45, 2.75) is 5.92 Å². The smallest absolute Gasteiger partial charge is 0.0547 e. The lowest BCUT2D eigenvalue weighted by Gasteiger charge is -2.16. The molecule has 1 atom stereocenters. The number of fused-ring (bicyclic) bond motifs is 8. The Balaban J connectivity index is 1.17. The van der Waals surface area contributed by atoms with E-state index in [1.807, 2.05) is 0 Å². The van der Waals surface area contributed by atoms with E-state index >= 15 is 0 Å². The molecule has 0 amide bonds. The molecule has 1 aromatic heterocycles. The van der Waals surface area contributed by atoms with Crippen LogP contribution < -0.4 is 0 Å². The molecule has 0 fully saturated rings. The highest BCUT2D eigenvalue weighted by atomic mass is 15.0. The minimum atomic E-state index is 0.198. The molecule has 0 spiro atoms. The third-order valence-electron chi connectivity index (χ3n) is 10.0. The Labute approximate surface area is 267 Å². The normalized spacial score (nSPS) is 13.9. The quantitative estimate of drug-likeness (QED) is 0.195. The maximum atomic E-state index is 2.44. The molecule has 1 nitrogen and oxygen atoms in total. The number of benzene rings is 8. The fourth-order valence-electron chi connectivity index (χ4n) is 7.88. The largest absolute Gasteiger partial charge is 0.309 e. The molecule has 8 aromatic carbocycles. The summed E-state index contributed by atoms with van der Waals surface area (Å²) in [7, 11) is 0. The first-order valence-electron chi connectivity index (χ1n) is 16.0. The third kappa shape index (κ3) is 3.76. The van der Waals surface area contributed by atoms with E-state index in [2.05, 4.69) is 174 Å². The maximum Gasteiger partial charge on any atom is 0.0547 e. The highest BCUT2D eigenvalue weighted by Crippen LogP contribution is 2.49. The van der Waals surface area contributed by atoms with Crippen LogP contribution in [0.25, 0.3) is 71.3 Å². The first-order chi connectivity index (χ1) is 22.8. The van der Waals surface area contributed by atoms with Gasteiger partial charge in [-0.15, -0.1) is 0 Å². The molecule has 1 heteroatoms. The Kier molecular flexibility index (Phi) is 5.41. The maximum absolute atomic E-state index is 2.44. The van der Waals surface area contributed by atoms with Crippen LogP contribution in [-0.2, 0) is 0 Å². The summed E-state index contributed by atoms with van der Waals surface area (Å²) in [5, 5.41) is 7.62. The average Bonchev–Trinajstić information content (AvgIpc) is 3.63. The zero-order valence-corrected chi connectivity index (χ0v) is 25.2. The Morgan fingerprint density at radius 1 is 0.370 bits per heavy atom. The Bertz CT molecular complexity index is 2650. The topological polar surface area (TPSA) is 4.93 Å². The van der Waals surface area contributed by atoms with Crippen LogP contribution in [0.15, 0.2) is 170 Å². The lowest BCUT2D eigenvalue weighted by Crippen LogP contribution is -1.99. The van der Waals surface area contributed by atoms with Gasteiger partial charge < -0.3 is 4.57 Å². The molecule has 0 N–H and O–H groups in total. The average molecular weight is 584 g/mol. The third-order valence-corrected chi connectivity index (χ3v) is 10.0. The second-order valence-electron chi connectivity index (χ2n) is 12.5. The van der Waals surface area contributed by atoms with Crippen LogP contribution in [0.4, 0.5) is 0 Å². The molecule has 214 valence electrons. The van der Waals surface area contributed by atoms with E-state index in [9.17, 15) is 0 Å². The fourth-order valence-corrected chi connectivity index (χ4v) is 7.88. The van der Waals surface area contributed by atoms with Crippen LogP contribution in [0.5, 0.6) is 0 Å². The molecule has 0 radical (unpaired) electrons. The summed E-state index contributed by atoms with van der Waals surface area (Å²) in [4.78, 5) is 0. The molecule has 0 saturated heterocycles. The summed E-state index contributed by atoms with van der Waals surface area (Å²) >= 11 is 0. The molecule has 0 saturated carbocycles. The van der Waals surface area contributed by atoms with Gasteiger partial charge in [0.15, 0.2) is 0 Å². The van der Waals surface area contributed by atoms with Gasteiger partial charge in [0.25, 0.3) is 0 Å². The number of para-hydroxylation sites is 1. The van der Waals surface area contributed by atoms with Gasteiger partial charge in [-0.2, -0.15) is 0 Å². The molecule has 10 rings (SSSR count). The van der Waals surface area contributed by atoms with Crippen molar-refractivity contribution in [2.24, 2.45) is 0 Å². The Morgan fingerprint density at radius 2 is 1.00 bits per heavy atom. The van der Waals surface area contributed by atoms with Crippen molar-refractivity contribution in [3.63, 3.8) is 0 Å². The zero-order chi connectivity index (χ0) is 30.2. The summed E-state index contributed by atoms with van der Waals surface area (Å²) in [5.74, 6) is 0.198. The Hall–Kier alpha value is -5.92. The molecule has 0 aliphatic heterocycles. The van der Waals surface area contributed by atoms with Crippen molar-refractivity contribution in [1.29, 1.82) is 0 Å². The first-order valence-corrected chi connectivity index (χ1v) is 16.0. The molecule has 1 aliphatic rings. The van der Waals surface area contributed by atoms with Crippen LogP contribution in [0.2, 0.25) is 0 Å². The predicted molar refractivity (Wildman–Crippen MR) is 194 cm³/mol. The van der Waals surface area contributed by atoms with Crippen molar-refractivity contribution >= 4 is 43.4 Å². The van der Waals surface area contributed by atoms with E-state index in [1.165, 1.54) is 88.0 Å². The molecule has 1 heterocycles. The number of rotatable bonds is 3. The highest BCUT2D eigenvalue weighted by molar-refractivity contribution is 6.10. The van der Waals surface area contributed by atoms with Gasteiger partial charge in [-0.05, 0) is 90.8 Å². The van der Waals surface area contributed by atoms with Crippen molar-refractivity contribution in [1.82, 2.24) is 4.57 Å². The monoisotopic (exact) mass is 583 g/mol. The highest BCUT2D eigenvalue weighted by Gasteiger charge is 2.30. The van der Waals surface area contributed by atoms with Crippen molar-refractivity contribution in [3.05, 3.63) is 187 Å². The van der Waals surface area contributed by atoms with E-state index in [1.54, 1.807) is 0 Å². The summed E-state index contributed by atoms with van der Waals surface area (Å²) in [5.41, 5.74) is 12.9. The molecule has 0 bridgehead atoms. The summed E-state index contributed by atoms with van der Waals surface area (Å²) in [6, 6.07) is 62.9. The number of nitrogens with zero attached hydrogens (tertiary/aromatic N) is 1. The second kappa shape index (κ2) is 9.79. The van der Waals surface area contributed by atoms with Crippen LogP contribution in [0.3, 0.4) is 0 Å². The van der Waals surface area contributed by atoms with Crippen molar-refractivity contribution < 1.29 is 0 Å². The summed E-state index contributed by atoms with van der Waals surface area (Å²) < 4.78 is 2.43. The number of hydrogen-bond acceptors (Lipinski definition) is 0. The Morgan fingerprint density at radius 3 is 1.87 bits per heavy atom. The minimum absolute atomic E-state index is 0.198. The van der Waals surface area contributed by atoms with Crippen molar-refractivity contribution in [2.75, 3.05) is 0 Å². The van der Waals surface area contributed by atoms with Crippen LogP contribution in [-0.4, -0.2) is 4.57 Å². The number of hydrogen-bond donors (Lipinski definition) is 0. The number of aromatic nitrogens is 1. The van der Waals surface area contributed by atoms with Gasteiger partial charge in [-0.3, -0.25) is 0 Å². The van der Waals surface area contributed by atoms with Crippen molar-refractivity contribution in [3.8, 4) is 27.9 Å². The van der Waals surface area contributed by atoms with Gasteiger partial charge in [-0.25, -0.2) is 0 Å². The second-order valence-corrected chi connectivity index (χ2v) is 12.5. The van der Waals surface area contributed by atoms with Gasteiger partial charge in [0.1, 0.15) is 0 Å². The van der Waals surface area contributed by atoms with Crippen LogP contribution in [0.1, 0.15) is 22.6 Å². The van der Waals surface area contributed by atoms with Gasteiger partial charge >= 0.3 is 0 Å². The van der Waals surface area contributed by atoms with E-state index in [0.717, 1.165) is 0 Å².